The first-order valence-electron chi connectivity index (χ1n) is 12.5. The maximum Gasteiger partial charge on any atom is 0.273 e. The molecule has 39 heavy (non-hydrogen) atoms. The molecule has 1 heterocycles. The number of likely N-dealkylation sites (N-methyl/N-ethyl adjacent to an activating group) is 1. The van der Waals surface area contributed by atoms with Crippen molar-refractivity contribution < 1.29 is 23.0 Å². The minimum Gasteiger partial charge on any atom is -0.493 e. The maximum atomic E-state index is 13.4. The molecule has 1 aromatic heterocycles. The maximum absolute atomic E-state index is 13.4. The number of carbonyl (C=O) groups is 1. The number of amides is 1. The first kappa shape index (κ1) is 28.2. The van der Waals surface area contributed by atoms with Crippen LogP contribution in [0.4, 0.5) is 8.78 Å². The number of methoxy groups -OCH3 is 2. The number of hydrogen-bond acceptors (Lipinski definition) is 6. The molecule has 4 rings (SSSR count). The Morgan fingerprint density at radius 3 is 1.95 bits per heavy atom. The lowest BCUT2D eigenvalue weighted by molar-refractivity contribution is 0.0791. The molecule has 0 radical (unpaired) electrons. The van der Waals surface area contributed by atoms with Crippen molar-refractivity contribution in [2.24, 2.45) is 0 Å². The Labute approximate surface area is 231 Å². The number of nitrogens with zero attached hydrogens (tertiary/aromatic N) is 3. The second-order valence-corrected chi connectivity index (χ2v) is 10.1. The van der Waals surface area contributed by atoms with E-state index in [9.17, 15) is 13.6 Å². The van der Waals surface area contributed by atoms with Gasteiger partial charge in [-0.15, -0.1) is 11.3 Å². The van der Waals surface area contributed by atoms with Crippen LogP contribution in [0.25, 0.3) is 0 Å². The Bertz CT molecular complexity index is 1330. The van der Waals surface area contributed by atoms with Crippen molar-refractivity contribution in [2.75, 3.05) is 27.8 Å². The van der Waals surface area contributed by atoms with Gasteiger partial charge < -0.3 is 14.4 Å². The van der Waals surface area contributed by atoms with Crippen molar-refractivity contribution in [3.63, 3.8) is 0 Å². The molecule has 0 unspecified atom stereocenters. The highest BCUT2D eigenvalue weighted by Crippen LogP contribution is 2.28. The molecule has 0 aliphatic rings. The van der Waals surface area contributed by atoms with E-state index in [-0.39, 0.29) is 17.5 Å². The van der Waals surface area contributed by atoms with Crippen LogP contribution in [0, 0.1) is 11.6 Å². The van der Waals surface area contributed by atoms with Crippen molar-refractivity contribution >= 4 is 17.2 Å². The van der Waals surface area contributed by atoms with Gasteiger partial charge in [0, 0.05) is 32.1 Å². The molecule has 1 amide bonds. The highest BCUT2D eigenvalue weighted by Gasteiger charge is 2.18. The third kappa shape index (κ3) is 7.84. The molecular formula is C30H31F2N3O3S. The largest absolute Gasteiger partial charge is 0.493 e. The zero-order valence-electron chi connectivity index (χ0n) is 22.2. The van der Waals surface area contributed by atoms with Gasteiger partial charge in [-0.2, -0.15) is 0 Å². The molecule has 0 saturated carbocycles. The summed E-state index contributed by atoms with van der Waals surface area (Å²) in [7, 11) is 4.95. The fourth-order valence-electron chi connectivity index (χ4n) is 4.17. The number of hydrogen-bond donors (Lipinski definition) is 0. The molecule has 204 valence electrons. The molecule has 0 atom stereocenters. The second kappa shape index (κ2) is 13.3. The van der Waals surface area contributed by atoms with Gasteiger partial charge in [-0.05, 0) is 59.5 Å². The molecule has 0 saturated heterocycles. The topological polar surface area (TPSA) is 54.9 Å². The van der Waals surface area contributed by atoms with Crippen molar-refractivity contribution in [3.05, 3.63) is 111 Å². The lowest BCUT2D eigenvalue weighted by atomic mass is 10.1. The Balaban J connectivity index is 1.41. The van der Waals surface area contributed by atoms with Gasteiger partial charge in [0.15, 0.2) is 11.5 Å². The molecule has 0 bridgehead atoms. The normalized spacial score (nSPS) is 11.0. The van der Waals surface area contributed by atoms with Crippen LogP contribution in [0.1, 0.15) is 32.2 Å². The summed E-state index contributed by atoms with van der Waals surface area (Å²) in [5.41, 5.74) is 3.32. The highest BCUT2D eigenvalue weighted by molar-refractivity contribution is 7.09. The van der Waals surface area contributed by atoms with Crippen LogP contribution in [0.5, 0.6) is 11.5 Å². The van der Waals surface area contributed by atoms with Crippen LogP contribution in [0.3, 0.4) is 0 Å². The first-order valence-corrected chi connectivity index (χ1v) is 13.3. The van der Waals surface area contributed by atoms with E-state index in [1.807, 2.05) is 18.2 Å². The average Bonchev–Trinajstić information content (AvgIpc) is 3.41. The van der Waals surface area contributed by atoms with E-state index in [1.54, 1.807) is 55.8 Å². The molecule has 4 aromatic rings. The number of ether oxygens (including phenoxy) is 2. The zero-order chi connectivity index (χ0) is 27.8. The summed E-state index contributed by atoms with van der Waals surface area (Å²) in [5.74, 6) is 0.582. The summed E-state index contributed by atoms with van der Waals surface area (Å²) in [4.78, 5) is 21.5. The van der Waals surface area contributed by atoms with Gasteiger partial charge in [0.2, 0.25) is 0 Å². The molecular weight excluding hydrogens is 520 g/mol. The van der Waals surface area contributed by atoms with Gasteiger partial charge >= 0.3 is 0 Å². The Kier molecular flexibility index (Phi) is 9.62. The third-order valence-corrected chi connectivity index (χ3v) is 7.13. The van der Waals surface area contributed by atoms with E-state index in [1.165, 1.54) is 35.6 Å². The van der Waals surface area contributed by atoms with Crippen molar-refractivity contribution in [1.82, 2.24) is 14.8 Å². The van der Waals surface area contributed by atoms with Crippen LogP contribution in [0.15, 0.2) is 72.1 Å². The van der Waals surface area contributed by atoms with Crippen LogP contribution < -0.4 is 9.47 Å². The van der Waals surface area contributed by atoms with Crippen LogP contribution in [0.2, 0.25) is 0 Å². The summed E-state index contributed by atoms with van der Waals surface area (Å²) in [5, 5.41) is 2.56. The molecule has 0 aliphatic carbocycles. The second-order valence-electron chi connectivity index (χ2n) is 9.19. The van der Waals surface area contributed by atoms with Crippen LogP contribution >= 0.6 is 11.3 Å². The molecule has 0 fully saturated rings. The number of halogens is 2. The SMILES string of the molecule is COc1ccc(CCN(C)C(=O)c2csc(CN(Cc3ccc(F)cc3)Cc3ccc(F)cc3)n2)cc1OC. The van der Waals surface area contributed by atoms with Gasteiger partial charge in [-0.25, -0.2) is 13.8 Å². The number of aromatic nitrogens is 1. The summed E-state index contributed by atoms with van der Waals surface area (Å²) in [6, 6.07) is 18.4. The van der Waals surface area contributed by atoms with E-state index >= 15 is 0 Å². The van der Waals surface area contributed by atoms with Gasteiger partial charge in [0.1, 0.15) is 22.3 Å². The number of benzene rings is 3. The van der Waals surface area contributed by atoms with E-state index in [0.29, 0.717) is 49.8 Å². The van der Waals surface area contributed by atoms with E-state index in [4.69, 9.17) is 9.47 Å². The minimum absolute atomic E-state index is 0.151. The van der Waals surface area contributed by atoms with Crippen molar-refractivity contribution in [2.45, 2.75) is 26.1 Å². The first-order chi connectivity index (χ1) is 18.8. The molecule has 0 N–H and O–H groups in total. The van der Waals surface area contributed by atoms with Crippen molar-refractivity contribution in [3.8, 4) is 11.5 Å². The van der Waals surface area contributed by atoms with Crippen molar-refractivity contribution in [1.29, 1.82) is 0 Å². The molecule has 9 heteroatoms. The molecule has 6 nitrogen and oxygen atoms in total. The van der Waals surface area contributed by atoms with Crippen LogP contribution in [-0.2, 0) is 26.1 Å². The average molecular weight is 552 g/mol. The number of carbonyl (C=O) groups excluding carboxylic acids is 1. The quantitative estimate of drug-likeness (QED) is 0.218. The third-order valence-electron chi connectivity index (χ3n) is 6.30. The van der Waals surface area contributed by atoms with Gasteiger partial charge in [-0.3, -0.25) is 9.69 Å². The predicted molar refractivity (Wildman–Crippen MR) is 148 cm³/mol. The number of thiazole rings is 1. The molecule has 3 aromatic carbocycles. The van der Waals surface area contributed by atoms with Crippen LogP contribution in [-0.4, -0.2) is 48.5 Å². The smallest absolute Gasteiger partial charge is 0.273 e. The monoisotopic (exact) mass is 551 g/mol. The fourth-order valence-corrected chi connectivity index (χ4v) is 4.98. The Hall–Kier alpha value is -3.82. The van der Waals surface area contributed by atoms with Gasteiger partial charge in [0.25, 0.3) is 5.91 Å². The minimum atomic E-state index is -0.290. The van der Waals surface area contributed by atoms with Gasteiger partial charge in [0.05, 0.1) is 20.8 Å². The Morgan fingerprint density at radius 2 is 1.38 bits per heavy atom. The number of rotatable bonds is 12. The molecule has 0 spiro atoms. The summed E-state index contributed by atoms with van der Waals surface area (Å²) >= 11 is 1.42. The van der Waals surface area contributed by atoms with E-state index in [0.717, 1.165) is 21.7 Å². The fraction of sp³-hybridized carbons (Fsp3) is 0.267. The molecule has 0 aliphatic heterocycles. The lowest BCUT2D eigenvalue weighted by Gasteiger charge is -2.21. The van der Waals surface area contributed by atoms with E-state index < -0.39 is 0 Å². The Morgan fingerprint density at radius 1 is 0.821 bits per heavy atom. The lowest BCUT2D eigenvalue weighted by Crippen LogP contribution is -2.29. The van der Waals surface area contributed by atoms with E-state index in [2.05, 4.69) is 9.88 Å². The van der Waals surface area contributed by atoms with Gasteiger partial charge in [-0.1, -0.05) is 30.3 Å². The highest BCUT2D eigenvalue weighted by atomic mass is 32.1. The summed E-state index contributed by atoms with van der Waals surface area (Å²) in [6.07, 6.45) is 0.655. The summed E-state index contributed by atoms with van der Waals surface area (Å²) < 4.78 is 37.5. The summed E-state index contributed by atoms with van der Waals surface area (Å²) in [6.45, 7) is 2.10. The standard InChI is InChI=1S/C30H31F2N3O3S/c1-34(15-14-21-8-13-27(37-2)28(16-21)38-3)30(36)26-20-39-29(33-26)19-35(17-22-4-9-24(31)10-5-22)18-23-6-11-25(32)12-7-23/h4-13,16,20H,14-15,17-19H2,1-3H3. The zero-order valence-corrected chi connectivity index (χ0v) is 23.0. The predicted octanol–water partition coefficient (Wildman–Crippen LogP) is 5.96.